The lowest BCUT2D eigenvalue weighted by Crippen LogP contribution is -2.31. The second-order valence-corrected chi connectivity index (χ2v) is 6.47. The second-order valence-electron chi connectivity index (χ2n) is 6.47. The number of pyridine rings is 1. The van der Waals surface area contributed by atoms with E-state index in [0.29, 0.717) is 17.8 Å². The number of hydrogen-bond acceptors (Lipinski definition) is 3. The number of H-pyrrole nitrogens is 1. The van der Waals surface area contributed by atoms with Crippen LogP contribution < -0.4 is 10.1 Å². The number of nitrogens with one attached hydrogen (secondary N) is 2. The molecule has 8 heteroatoms. The summed E-state index contributed by atoms with van der Waals surface area (Å²) < 4.78 is 41.7. The van der Waals surface area contributed by atoms with Crippen molar-refractivity contribution < 1.29 is 22.7 Å². The van der Waals surface area contributed by atoms with Gasteiger partial charge in [0.25, 0.3) is 5.91 Å². The number of benzene rings is 1. The molecule has 5 nitrogen and oxygen atoms in total. The quantitative estimate of drug-likeness (QED) is 0.682. The molecule has 4 rings (SSSR count). The number of para-hydroxylation sites is 1. The van der Waals surface area contributed by atoms with Crippen LogP contribution in [0.2, 0.25) is 0 Å². The summed E-state index contributed by atoms with van der Waals surface area (Å²) in [4.78, 5) is 19.4. The van der Waals surface area contributed by atoms with Crippen molar-refractivity contribution in [1.82, 2.24) is 15.3 Å². The maximum Gasteiger partial charge on any atom is 0.573 e. The van der Waals surface area contributed by atoms with Crippen molar-refractivity contribution in [3.63, 3.8) is 0 Å². The van der Waals surface area contributed by atoms with Crippen molar-refractivity contribution in [1.29, 1.82) is 0 Å². The third-order valence-corrected chi connectivity index (χ3v) is 4.47. The maximum absolute atomic E-state index is 12.6. The first-order valence-corrected chi connectivity index (χ1v) is 8.88. The number of fused-ring (bicyclic) bond motifs is 1. The summed E-state index contributed by atoms with van der Waals surface area (Å²) in [6.45, 7) is 0.593. The van der Waals surface area contributed by atoms with Gasteiger partial charge in [0.2, 0.25) is 0 Å². The van der Waals surface area contributed by atoms with Crippen molar-refractivity contribution >= 4 is 18.1 Å². The fraction of sp³-hybridized carbons (Fsp3) is 0.143. The van der Waals surface area contributed by atoms with Gasteiger partial charge in [-0.2, -0.15) is 0 Å². The summed E-state index contributed by atoms with van der Waals surface area (Å²) in [5.74, 6) is -0.389. The Labute approximate surface area is 164 Å². The molecule has 0 atom stereocenters. The van der Waals surface area contributed by atoms with E-state index in [2.05, 4.69) is 20.0 Å². The summed E-state index contributed by atoms with van der Waals surface area (Å²) in [6, 6.07) is 11.3. The van der Waals surface area contributed by atoms with Gasteiger partial charge in [0, 0.05) is 41.7 Å². The van der Waals surface area contributed by atoms with Crippen molar-refractivity contribution in [2.24, 2.45) is 0 Å². The minimum Gasteiger partial charge on any atom is -0.405 e. The summed E-state index contributed by atoms with van der Waals surface area (Å²) >= 11 is 0. The van der Waals surface area contributed by atoms with E-state index in [1.54, 1.807) is 36.5 Å². The Morgan fingerprint density at radius 1 is 1.10 bits per heavy atom. The number of hydrogen-bond donors (Lipinski definition) is 2. The second kappa shape index (κ2) is 7.46. The van der Waals surface area contributed by atoms with E-state index in [0.717, 1.165) is 23.4 Å². The first-order valence-electron chi connectivity index (χ1n) is 8.88. The van der Waals surface area contributed by atoms with Crippen LogP contribution in [0.3, 0.4) is 0 Å². The Morgan fingerprint density at radius 2 is 1.93 bits per heavy atom. The van der Waals surface area contributed by atoms with Crippen LogP contribution in [-0.2, 0) is 6.42 Å². The Balaban J connectivity index is 1.60. The first kappa shape index (κ1) is 18.8. The zero-order chi connectivity index (χ0) is 20.4. The van der Waals surface area contributed by atoms with Crippen LogP contribution in [0, 0.1) is 0 Å². The summed E-state index contributed by atoms with van der Waals surface area (Å²) in [7, 11) is 0. The average Bonchev–Trinajstić information content (AvgIpc) is 3.12. The van der Waals surface area contributed by atoms with Crippen molar-refractivity contribution in [3.8, 4) is 17.0 Å². The zero-order valence-electron chi connectivity index (χ0n) is 15.1. The third kappa shape index (κ3) is 4.31. The van der Waals surface area contributed by atoms with Gasteiger partial charge in [-0.25, -0.2) is 0 Å². The van der Waals surface area contributed by atoms with Crippen LogP contribution in [0.5, 0.6) is 5.75 Å². The number of amides is 1. The van der Waals surface area contributed by atoms with E-state index in [9.17, 15) is 18.0 Å². The molecule has 1 amide bonds. The van der Waals surface area contributed by atoms with Crippen LogP contribution in [0.25, 0.3) is 23.4 Å². The van der Waals surface area contributed by atoms with E-state index in [1.165, 1.54) is 24.3 Å². The lowest BCUT2D eigenvalue weighted by atomic mass is 10.1. The third-order valence-electron chi connectivity index (χ3n) is 4.47. The zero-order valence-corrected chi connectivity index (χ0v) is 15.1. The number of carbonyl (C=O) groups is 1. The Morgan fingerprint density at radius 3 is 2.72 bits per heavy atom. The molecule has 0 unspecified atom stereocenters. The molecule has 0 saturated carbocycles. The number of nitrogens with zero attached hydrogens (tertiary/aromatic N) is 1. The van der Waals surface area contributed by atoms with Crippen LogP contribution in [0.4, 0.5) is 13.2 Å². The van der Waals surface area contributed by atoms with Gasteiger partial charge in [-0.05, 0) is 36.4 Å². The van der Waals surface area contributed by atoms with Crippen molar-refractivity contribution in [3.05, 3.63) is 71.2 Å². The Kier molecular flexibility index (Phi) is 4.84. The number of halogens is 3. The lowest BCUT2D eigenvalue weighted by Gasteiger charge is -2.11. The molecule has 1 aliphatic rings. The largest absolute Gasteiger partial charge is 0.573 e. The van der Waals surface area contributed by atoms with Crippen LogP contribution in [0.15, 0.2) is 48.7 Å². The molecule has 0 bridgehead atoms. The fourth-order valence-electron chi connectivity index (χ4n) is 3.17. The molecule has 2 N–H and O–H groups in total. The Bertz CT molecular complexity index is 1090. The molecule has 0 spiro atoms. The van der Waals surface area contributed by atoms with Gasteiger partial charge in [0.1, 0.15) is 5.75 Å². The normalized spacial score (nSPS) is 14.0. The predicted molar refractivity (Wildman–Crippen MR) is 102 cm³/mol. The van der Waals surface area contributed by atoms with E-state index in [1.807, 2.05) is 0 Å². The summed E-state index contributed by atoms with van der Waals surface area (Å²) in [5, 5.41) is 2.80. The van der Waals surface area contributed by atoms with Crippen LogP contribution >= 0.6 is 0 Å². The summed E-state index contributed by atoms with van der Waals surface area (Å²) in [5.41, 5.74) is 3.95. The highest BCUT2D eigenvalue weighted by Crippen LogP contribution is 2.28. The van der Waals surface area contributed by atoms with E-state index in [-0.39, 0.29) is 17.2 Å². The van der Waals surface area contributed by atoms with Gasteiger partial charge in [0.05, 0.1) is 11.3 Å². The topological polar surface area (TPSA) is 67.0 Å². The molecule has 1 aromatic carbocycles. The highest BCUT2D eigenvalue weighted by atomic mass is 19.4. The molecular formula is C21H16F3N3O2. The Hall–Kier alpha value is -3.55. The molecule has 1 aliphatic heterocycles. The van der Waals surface area contributed by atoms with Gasteiger partial charge >= 0.3 is 6.36 Å². The lowest BCUT2D eigenvalue weighted by molar-refractivity contribution is -0.274. The van der Waals surface area contributed by atoms with Gasteiger partial charge in [-0.15, -0.1) is 13.2 Å². The average molecular weight is 399 g/mol. The van der Waals surface area contributed by atoms with Crippen molar-refractivity contribution in [2.45, 2.75) is 12.8 Å². The minimum atomic E-state index is -4.76. The molecule has 3 aromatic rings. The number of aromatic amines is 1. The summed E-state index contributed by atoms with van der Waals surface area (Å²) in [6.07, 6.45) is 0.695. The highest BCUT2D eigenvalue weighted by Gasteiger charge is 2.31. The molecule has 3 heterocycles. The molecule has 0 aliphatic carbocycles. The van der Waals surface area contributed by atoms with E-state index in [4.69, 9.17) is 0 Å². The molecule has 2 aromatic heterocycles. The molecule has 148 valence electrons. The molecular weight excluding hydrogens is 383 g/mol. The standard InChI is InChI=1S/C21H16F3N3O2/c22-21(23,24)29-19-4-2-1-3-13(19)5-6-15-11-14(7-9-25-15)18-12-16-17(27-18)8-10-26-20(16)28/h1-7,9,11-12,27H,8,10H2,(H,26,28). The van der Waals surface area contributed by atoms with Crippen LogP contribution in [-0.4, -0.2) is 28.8 Å². The SMILES string of the molecule is O=C1NCCc2[nH]c(-c3ccnc(C=Cc4ccccc4OC(F)(F)F)c3)cc21. The van der Waals surface area contributed by atoms with E-state index < -0.39 is 6.36 Å². The fourth-order valence-corrected chi connectivity index (χ4v) is 3.17. The van der Waals surface area contributed by atoms with Crippen LogP contribution in [0.1, 0.15) is 27.3 Å². The number of rotatable bonds is 4. The predicted octanol–water partition coefficient (Wildman–Crippen LogP) is 4.43. The highest BCUT2D eigenvalue weighted by molar-refractivity contribution is 5.97. The number of alkyl halides is 3. The maximum atomic E-state index is 12.6. The van der Waals surface area contributed by atoms with Crippen molar-refractivity contribution in [2.75, 3.05) is 6.54 Å². The van der Waals surface area contributed by atoms with Gasteiger partial charge in [0.15, 0.2) is 0 Å². The smallest absolute Gasteiger partial charge is 0.405 e. The molecule has 0 radical (unpaired) electrons. The number of carbonyl (C=O) groups excluding carboxylic acids is 1. The first-order chi connectivity index (χ1) is 13.9. The molecule has 0 fully saturated rings. The van der Waals surface area contributed by atoms with Gasteiger partial charge in [-0.3, -0.25) is 9.78 Å². The molecule has 29 heavy (non-hydrogen) atoms. The van der Waals surface area contributed by atoms with Gasteiger partial charge in [-0.1, -0.05) is 18.2 Å². The van der Waals surface area contributed by atoms with E-state index >= 15 is 0 Å². The number of ether oxygens (including phenoxy) is 1. The van der Waals surface area contributed by atoms with Gasteiger partial charge < -0.3 is 15.0 Å². The minimum absolute atomic E-state index is 0.107. The molecule has 0 saturated heterocycles. The monoisotopic (exact) mass is 399 g/mol. The number of aromatic nitrogens is 2.